The third-order valence-corrected chi connectivity index (χ3v) is 1.65. The molecule has 0 spiro atoms. The summed E-state index contributed by atoms with van der Waals surface area (Å²) >= 11 is 0. The van der Waals surface area contributed by atoms with Crippen LogP contribution in [0.1, 0.15) is 11.6 Å². The summed E-state index contributed by atoms with van der Waals surface area (Å²) in [5.74, 6) is 0. The van der Waals surface area contributed by atoms with Gasteiger partial charge in [-0.25, -0.2) is 0 Å². The van der Waals surface area contributed by atoms with Crippen LogP contribution in [0.2, 0.25) is 0 Å². The fourth-order valence-electron chi connectivity index (χ4n) is 0.892. The first-order chi connectivity index (χ1) is 5.91. The molecule has 0 aromatic heterocycles. The van der Waals surface area contributed by atoms with E-state index in [1.54, 1.807) is 0 Å². The Balaban J connectivity index is 2.90. The van der Waals surface area contributed by atoms with Crippen LogP contribution in [0.4, 0.5) is 18.9 Å². The largest absolute Gasteiger partial charge is 0.407 e. The Kier molecular flexibility index (Phi) is 2.47. The van der Waals surface area contributed by atoms with Gasteiger partial charge in [0.25, 0.3) is 0 Å². The summed E-state index contributed by atoms with van der Waals surface area (Å²) in [5.41, 5.74) is 10.7. The molecule has 1 aromatic rings. The fraction of sp³-hybridized carbons (Fsp3) is 0.250. The van der Waals surface area contributed by atoms with E-state index in [0.717, 1.165) is 0 Å². The van der Waals surface area contributed by atoms with E-state index >= 15 is 0 Å². The SMILES string of the molecule is Nc1ccc([C@@H](N)C(F)(F)F)cc1. The summed E-state index contributed by atoms with van der Waals surface area (Å²) in [5, 5.41) is 0. The van der Waals surface area contributed by atoms with Crippen molar-refractivity contribution in [2.24, 2.45) is 5.73 Å². The van der Waals surface area contributed by atoms with Gasteiger partial charge < -0.3 is 11.5 Å². The maximum atomic E-state index is 12.1. The van der Waals surface area contributed by atoms with Crippen molar-refractivity contribution < 1.29 is 13.2 Å². The van der Waals surface area contributed by atoms with E-state index in [0.29, 0.717) is 5.69 Å². The number of halogens is 3. The first-order valence-corrected chi connectivity index (χ1v) is 3.59. The third-order valence-electron chi connectivity index (χ3n) is 1.65. The first kappa shape index (κ1) is 9.85. The molecule has 1 atom stereocenters. The summed E-state index contributed by atoms with van der Waals surface area (Å²) in [6.45, 7) is 0. The molecule has 0 aliphatic rings. The molecule has 72 valence electrons. The van der Waals surface area contributed by atoms with Crippen LogP contribution < -0.4 is 11.5 Å². The quantitative estimate of drug-likeness (QED) is 0.664. The third kappa shape index (κ3) is 2.35. The number of nitrogens with two attached hydrogens (primary N) is 2. The van der Waals surface area contributed by atoms with Gasteiger partial charge in [0.2, 0.25) is 0 Å². The Bertz CT molecular complexity index is 278. The van der Waals surface area contributed by atoms with Crippen LogP contribution in [0.3, 0.4) is 0 Å². The van der Waals surface area contributed by atoms with Crippen molar-refractivity contribution in [1.82, 2.24) is 0 Å². The molecule has 0 fully saturated rings. The normalized spacial score (nSPS) is 14.2. The van der Waals surface area contributed by atoms with Crippen molar-refractivity contribution in [1.29, 1.82) is 0 Å². The monoisotopic (exact) mass is 190 g/mol. The zero-order valence-electron chi connectivity index (χ0n) is 6.68. The Morgan fingerprint density at radius 3 is 1.92 bits per heavy atom. The van der Waals surface area contributed by atoms with E-state index in [1.807, 2.05) is 0 Å². The van der Waals surface area contributed by atoms with Crippen LogP contribution in [0.5, 0.6) is 0 Å². The van der Waals surface area contributed by atoms with Crippen LogP contribution >= 0.6 is 0 Å². The van der Waals surface area contributed by atoms with Gasteiger partial charge in [0.05, 0.1) is 0 Å². The highest BCUT2D eigenvalue weighted by Crippen LogP contribution is 2.30. The second kappa shape index (κ2) is 3.26. The van der Waals surface area contributed by atoms with Crippen LogP contribution in [0.15, 0.2) is 24.3 Å². The zero-order chi connectivity index (χ0) is 10.1. The summed E-state index contributed by atoms with van der Waals surface area (Å²) in [7, 11) is 0. The highest BCUT2D eigenvalue weighted by molar-refractivity contribution is 5.40. The van der Waals surface area contributed by atoms with E-state index in [1.165, 1.54) is 24.3 Å². The summed E-state index contributed by atoms with van der Waals surface area (Å²) in [6, 6.07) is 3.39. The number of benzene rings is 1. The molecule has 0 saturated heterocycles. The molecule has 5 heteroatoms. The number of anilines is 1. The summed E-state index contributed by atoms with van der Waals surface area (Å²) < 4.78 is 36.2. The minimum Gasteiger partial charge on any atom is -0.399 e. The number of rotatable bonds is 1. The Labute approximate surface area is 73.3 Å². The van der Waals surface area contributed by atoms with Crippen LogP contribution in [0, 0.1) is 0 Å². The van der Waals surface area contributed by atoms with Crippen molar-refractivity contribution in [3.05, 3.63) is 29.8 Å². The van der Waals surface area contributed by atoms with Gasteiger partial charge in [-0.1, -0.05) is 12.1 Å². The zero-order valence-corrected chi connectivity index (χ0v) is 6.68. The van der Waals surface area contributed by atoms with Gasteiger partial charge in [-0.05, 0) is 17.7 Å². The molecule has 0 aliphatic heterocycles. The standard InChI is InChI=1S/C8H9F3N2/c9-8(10,11)7(13)5-1-3-6(12)4-2-5/h1-4,7H,12-13H2/t7-/m1/s1. The van der Waals surface area contributed by atoms with Crippen LogP contribution in [-0.4, -0.2) is 6.18 Å². The maximum absolute atomic E-state index is 12.1. The molecule has 0 unspecified atom stereocenters. The molecule has 0 heterocycles. The molecule has 1 rings (SSSR count). The minimum atomic E-state index is -4.41. The maximum Gasteiger partial charge on any atom is 0.407 e. The lowest BCUT2D eigenvalue weighted by atomic mass is 10.1. The van der Waals surface area contributed by atoms with Crippen molar-refractivity contribution >= 4 is 5.69 Å². The van der Waals surface area contributed by atoms with E-state index < -0.39 is 12.2 Å². The summed E-state index contributed by atoms with van der Waals surface area (Å²) in [4.78, 5) is 0. The lowest BCUT2D eigenvalue weighted by Crippen LogP contribution is -2.28. The fourth-order valence-corrected chi connectivity index (χ4v) is 0.892. The molecule has 0 bridgehead atoms. The Hall–Kier alpha value is -1.23. The van der Waals surface area contributed by atoms with Gasteiger partial charge in [-0.3, -0.25) is 0 Å². The minimum absolute atomic E-state index is 0.0155. The molecule has 0 amide bonds. The van der Waals surface area contributed by atoms with E-state index in [-0.39, 0.29) is 5.56 Å². The molecular formula is C8H9F3N2. The molecule has 0 saturated carbocycles. The molecule has 4 N–H and O–H groups in total. The summed E-state index contributed by atoms with van der Waals surface area (Å²) in [6.07, 6.45) is -4.41. The van der Waals surface area contributed by atoms with Crippen molar-refractivity contribution in [3.63, 3.8) is 0 Å². The van der Waals surface area contributed by atoms with E-state index in [4.69, 9.17) is 11.5 Å². The molecule has 1 aromatic carbocycles. The van der Waals surface area contributed by atoms with Crippen molar-refractivity contribution in [2.75, 3.05) is 5.73 Å². The topological polar surface area (TPSA) is 52.0 Å². The lowest BCUT2D eigenvalue weighted by molar-refractivity contribution is -0.149. The average Bonchev–Trinajstić information content (AvgIpc) is 2.03. The number of hydrogen-bond donors (Lipinski definition) is 2. The van der Waals surface area contributed by atoms with Crippen LogP contribution in [-0.2, 0) is 0 Å². The molecule has 13 heavy (non-hydrogen) atoms. The number of alkyl halides is 3. The Morgan fingerprint density at radius 2 is 1.54 bits per heavy atom. The van der Waals surface area contributed by atoms with Gasteiger partial charge >= 0.3 is 6.18 Å². The highest BCUT2D eigenvalue weighted by atomic mass is 19.4. The smallest absolute Gasteiger partial charge is 0.399 e. The van der Waals surface area contributed by atoms with Gasteiger partial charge in [0.1, 0.15) is 6.04 Å². The molecule has 0 radical (unpaired) electrons. The lowest BCUT2D eigenvalue weighted by Gasteiger charge is -2.15. The molecule has 2 nitrogen and oxygen atoms in total. The molecule has 0 aliphatic carbocycles. The predicted octanol–water partition coefficient (Wildman–Crippen LogP) is 1.83. The second-order valence-corrected chi connectivity index (χ2v) is 2.69. The van der Waals surface area contributed by atoms with Crippen molar-refractivity contribution in [2.45, 2.75) is 12.2 Å². The van der Waals surface area contributed by atoms with Gasteiger partial charge in [-0.2, -0.15) is 13.2 Å². The molecular weight excluding hydrogens is 181 g/mol. The van der Waals surface area contributed by atoms with E-state index in [2.05, 4.69) is 0 Å². The van der Waals surface area contributed by atoms with E-state index in [9.17, 15) is 13.2 Å². The van der Waals surface area contributed by atoms with Gasteiger partial charge in [0, 0.05) is 5.69 Å². The first-order valence-electron chi connectivity index (χ1n) is 3.59. The highest BCUT2D eigenvalue weighted by Gasteiger charge is 2.37. The Morgan fingerprint density at radius 1 is 1.08 bits per heavy atom. The van der Waals surface area contributed by atoms with Crippen molar-refractivity contribution in [3.8, 4) is 0 Å². The van der Waals surface area contributed by atoms with Gasteiger partial charge in [0.15, 0.2) is 0 Å². The number of nitrogen functional groups attached to an aromatic ring is 1. The van der Waals surface area contributed by atoms with Gasteiger partial charge in [-0.15, -0.1) is 0 Å². The average molecular weight is 190 g/mol. The predicted molar refractivity (Wildman–Crippen MR) is 43.8 cm³/mol. The number of hydrogen-bond acceptors (Lipinski definition) is 2. The van der Waals surface area contributed by atoms with Crippen LogP contribution in [0.25, 0.3) is 0 Å². The second-order valence-electron chi connectivity index (χ2n) is 2.69.